The second kappa shape index (κ2) is 14.6. The number of ether oxygens (including phenoxy) is 3. The Labute approximate surface area is 234 Å². The Bertz CT molecular complexity index is 1350. The molecule has 14 heteroatoms. The first kappa shape index (κ1) is 29.2. The van der Waals surface area contributed by atoms with Gasteiger partial charge in [0.15, 0.2) is 0 Å². The van der Waals surface area contributed by atoms with E-state index in [1.54, 1.807) is 35.4 Å². The number of carbonyl (C=O) groups is 1. The molecule has 0 bridgehead atoms. The number of aliphatic hydroxyl groups is 1. The summed E-state index contributed by atoms with van der Waals surface area (Å²) in [6.45, 7) is 1.85. The summed E-state index contributed by atoms with van der Waals surface area (Å²) < 4.78 is 31.8. The monoisotopic (exact) mass is 574 g/mol. The highest BCUT2D eigenvalue weighted by atomic mass is 35.5. The van der Waals surface area contributed by atoms with Crippen LogP contribution in [0, 0.1) is 5.82 Å². The van der Waals surface area contributed by atoms with Crippen LogP contribution in [-0.2, 0) is 32.2 Å². The summed E-state index contributed by atoms with van der Waals surface area (Å²) in [4.78, 5) is 21.0. The first-order chi connectivity index (χ1) is 19.5. The van der Waals surface area contributed by atoms with Gasteiger partial charge < -0.3 is 29.7 Å². The number of hydrogen-bond acceptors (Lipinski definition) is 10. The van der Waals surface area contributed by atoms with Crippen molar-refractivity contribution in [3.63, 3.8) is 0 Å². The molecule has 40 heavy (non-hydrogen) atoms. The van der Waals surface area contributed by atoms with Crippen LogP contribution in [0.2, 0.25) is 5.02 Å². The molecule has 4 rings (SSSR count). The minimum absolute atomic E-state index is 0.0303. The average molecular weight is 575 g/mol. The summed E-state index contributed by atoms with van der Waals surface area (Å²) in [5.41, 5.74) is 1.75. The lowest BCUT2D eigenvalue weighted by molar-refractivity contribution is -0.133. The molecule has 0 amide bonds. The molecule has 3 N–H and O–H groups in total. The van der Waals surface area contributed by atoms with Crippen LogP contribution in [0.1, 0.15) is 22.9 Å². The molecule has 1 atom stereocenters. The average Bonchev–Trinajstić information content (AvgIpc) is 3.40. The largest absolute Gasteiger partial charge is 0.478 e. The summed E-state index contributed by atoms with van der Waals surface area (Å²) in [5, 5.41) is 30.1. The molecule has 0 radical (unpaired) electrons. The van der Waals surface area contributed by atoms with Crippen molar-refractivity contribution >= 4 is 23.4 Å². The van der Waals surface area contributed by atoms with Gasteiger partial charge in [0, 0.05) is 28.5 Å². The second-order valence-corrected chi connectivity index (χ2v) is 8.93. The number of halogens is 2. The highest BCUT2D eigenvalue weighted by Crippen LogP contribution is 2.36. The number of aliphatic hydroxyl groups excluding tert-OH is 1. The molecule has 0 saturated carbocycles. The second-order valence-electron chi connectivity index (χ2n) is 8.52. The lowest BCUT2D eigenvalue weighted by Gasteiger charge is -2.27. The van der Waals surface area contributed by atoms with Gasteiger partial charge in [-0.15, -0.1) is 5.10 Å². The number of benzene rings is 1. The van der Waals surface area contributed by atoms with Gasteiger partial charge >= 0.3 is 5.97 Å². The van der Waals surface area contributed by atoms with Crippen LogP contribution in [0.25, 0.3) is 0 Å². The van der Waals surface area contributed by atoms with E-state index in [2.05, 4.69) is 25.6 Å². The summed E-state index contributed by atoms with van der Waals surface area (Å²) in [7, 11) is 0. The zero-order valence-electron chi connectivity index (χ0n) is 21.4. The van der Waals surface area contributed by atoms with Gasteiger partial charge in [-0.2, -0.15) is 0 Å². The lowest BCUT2D eigenvalue weighted by atomic mass is 9.95. The predicted molar refractivity (Wildman–Crippen MR) is 141 cm³/mol. The maximum Gasteiger partial charge on any atom is 0.335 e. The van der Waals surface area contributed by atoms with Crippen molar-refractivity contribution in [2.24, 2.45) is 4.99 Å². The van der Waals surface area contributed by atoms with E-state index in [9.17, 15) is 14.3 Å². The van der Waals surface area contributed by atoms with Crippen molar-refractivity contribution in [3.8, 4) is 0 Å². The third-order valence-electron chi connectivity index (χ3n) is 5.72. The Morgan fingerprint density at radius 1 is 1.07 bits per heavy atom. The Morgan fingerprint density at radius 3 is 2.58 bits per heavy atom. The van der Waals surface area contributed by atoms with Gasteiger partial charge in [0.25, 0.3) is 0 Å². The fraction of sp³-hybridized carbons (Fsp3) is 0.346. The Kier molecular flexibility index (Phi) is 10.7. The van der Waals surface area contributed by atoms with Gasteiger partial charge in [0.05, 0.1) is 70.3 Å². The number of pyridine rings is 1. The molecule has 0 spiro atoms. The third kappa shape index (κ3) is 7.90. The minimum atomic E-state index is -1.22. The van der Waals surface area contributed by atoms with Crippen molar-refractivity contribution in [2.45, 2.75) is 19.2 Å². The van der Waals surface area contributed by atoms with E-state index in [0.29, 0.717) is 49.0 Å². The van der Waals surface area contributed by atoms with Crippen LogP contribution >= 0.6 is 11.6 Å². The third-order valence-corrected chi connectivity index (χ3v) is 6.05. The molecule has 1 aliphatic heterocycles. The molecule has 1 unspecified atom stereocenters. The number of aliphatic carboxylic acids is 1. The maximum absolute atomic E-state index is 13.7. The number of carboxylic acid groups (broad SMARTS) is 1. The van der Waals surface area contributed by atoms with Crippen LogP contribution in [-0.4, -0.2) is 81.6 Å². The molecule has 0 fully saturated rings. The number of nitrogens with zero attached hydrogens (tertiary/aromatic N) is 5. The summed E-state index contributed by atoms with van der Waals surface area (Å²) in [5.74, 6) is -1.37. The van der Waals surface area contributed by atoms with E-state index < -0.39 is 17.8 Å². The van der Waals surface area contributed by atoms with E-state index >= 15 is 0 Å². The van der Waals surface area contributed by atoms with Gasteiger partial charge in [-0.05, 0) is 24.3 Å². The topological polar surface area (TPSA) is 153 Å². The number of amidine groups is 1. The van der Waals surface area contributed by atoms with Gasteiger partial charge in [-0.25, -0.2) is 13.9 Å². The SMILES string of the molecule is O=C(O)C1=C(COCc2cn(CCOCCOCCO)nn2)NC(c2ccncc2)=NC1c1ccc(F)cc1Cl. The highest BCUT2D eigenvalue weighted by Gasteiger charge is 2.32. The van der Waals surface area contributed by atoms with Crippen LogP contribution < -0.4 is 5.32 Å². The number of hydrogen-bond donors (Lipinski definition) is 3. The standard InChI is InChI=1S/C26H28ClFN6O6/c27-21-13-18(28)1-2-20(21)24-23(26(36)37)22(30-25(31-24)17-3-5-29-6-4-17)16-40-15-19-14-34(33-32-19)7-9-38-11-12-39-10-8-35/h1-6,13-14,24,35H,7-12,15-16H2,(H,30,31)(H,36,37). The predicted octanol–water partition coefficient (Wildman–Crippen LogP) is 2.14. The first-order valence-electron chi connectivity index (χ1n) is 12.4. The molecule has 212 valence electrons. The zero-order valence-corrected chi connectivity index (χ0v) is 22.1. The number of nitrogens with one attached hydrogen (secondary N) is 1. The van der Waals surface area contributed by atoms with Crippen LogP contribution in [0.4, 0.5) is 4.39 Å². The molecule has 1 aliphatic rings. The number of rotatable bonds is 15. The zero-order chi connectivity index (χ0) is 28.3. The Hall–Kier alpha value is -3.75. The van der Waals surface area contributed by atoms with E-state index in [0.717, 1.165) is 6.07 Å². The molecule has 1 aromatic carbocycles. The minimum Gasteiger partial charge on any atom is -0.478 e. The van der Waals surface area contributed by atoms with Crippen molar-refractivity contribution in [1.82, 2.24) is 25.3 Å². The van der Waals surface area contributed by atoms with Gasteiger partial charge in [0.2, 0.25) is 0 Å². The van der Waals surface area contributed by atoms with E-state index in [4.69, 9.17) is 30.9 Å². The summed E-state index contributed by atoms with van der Waals surface area (Å²) in [6, 6.07) is 6.19. The number of carboxylic acids is 1. The van der Waals surface area contributed by atoms with Gasteiger partial charge in [-0.3, -0.25) is 9.98 Å². The van der Waals surface area contributed by atoms with Crippen LogP contribution in [0.3, 0.4) is 0 Å². The smallest absolute Gasteiger partial charge is 0.335 e. The number of aromatic nitrogens is 4. The van der Waals surface area contributed by atoms with Crippen molar-refractivity contribution in [3.05, 3.63) is 87.9 Å². The van der Waals surface area contributed by atoms with E-state index in [1.807, 2.05) is 0 Å². The Balaban J connectivity index is 1.44. The van der Waals surface area contributed by atoms with Crippen LogP contribution in [0.5, 0.6) is 0 Å². The fourth-order valence-electron chi connectivity index (χ4n) is 3.88. The highest BCUT2D eigenvalue weighted by molar-refractivity contribution is 6.31. The van der Waals surface area contributed by atoms with Crippen molar-refractivity contribution < 1.29 is 33.6 Å². The molecule has 3 aromatic rings. The van der Waals surface area contributed by atoms with E-state index in [1.165, 1.54) is 12.1 Å². The number of aliphatic imine (C=N–C) groups is 1. The van der Waals surface area contributed by atoms with Crippen molar-refractivity contribution in [2.75, 3.05) is 39.6 Å². The van der Waals surface area contributed by atoms with Gasteiger partial charge in [-0.1, -0.05) is 22.9 Å². The van der Waals surface area contributed by atoms with E-state index in [-0.39, 0.29) is 42.7 Å². The quantitative estimate of drug-likeness (QED) is 0.230. The summed E-state index contributed by atoms with van der Waals surface area (Å²) in [6.07, 6.45) is 4.88. The van der Waals surface area contributed by atoms with Gasteiger partial charge in [0.1, 0.15) is 23.4 Å². The van der Waals surface area contributed by atoms with Crippen molar-refractivity contribution in [1.29, 1.82) is 0 Å². The molecule has 2 aromatic heterocycles. The fourth-order valence-corrected chi connectivity index (χ4v) is 4.15. The Morgan fingerprint density at radius 2 is 1.85 bits per heavy atom. The molecular formula is C26H28ClFN6O6. The van der Waals surface area contributed by atoms with Crippen LogP contribution in [0.15, 0.2) is 65.2 Å². The normalized spacial score (nSPS) is 15.2. The lowest BCUT2D eigenvalue weighted by Crippen LogP contribution is -2.35. The molecule has 0 aliphatic carbocycles. The molecule has 0 saturated heterocycles. The summed E-state index contributed by atoms with van der Waals surface area (Å²) >= 11 is 6.31. The first-order valence-corrected chi connectivity index (χ1v) is 12.7. The molecular weight excluding hydrogens is 547 g/mol. The molecule has 12 nitrogen and oxygen atoms in total. The molecule has 3 heterocycles. The maximum atomic E-state index is 13.7.